The Balaban J connectivity index is 1.81. The fourth-order valence-electron chi connectivity index (χ4n) is 4.77. The van der Waals surface area contributed by atoms with Crippen LogP contribution in [0, 0.1) is 23.0 Å². The SMILES string of the molecule is CC12c3cc(F)ccc3[C@]1(O)c1cncn1[C@H]2c1ccc(C#N)cc1F. The number of nitriles is 1. The summed E-state index contributed by atoms with van der Waals surface area (Å²) in [5, 5.41) is 20.5. The lowest BCUT2D eigenvalue weighted by Crippen LogP contribution is -2.56. The van der Waals surface area contributed by atoms with Crippen LogP contribution in [-0.2, 0) is 11.0 Å². The molecule has 2 aromatic carbocycles. The summed E-state index contributed by atoms with van der Waals surface area (Å²) < 4.78 is 30.4. The van der Waals surface area contributed by atoms with Gasteiger partial charge in [-0.2, -0.15) is 5.26 Å². The first-order valence-corrected chi connectivity index (χ1v) is 8.17. The number of rotatable bonds is 1. The Morgan fingerprint density at radius 2 is 2.00 bits per heavy atom. The van der Waals surface area contributed by atoms with E-state index in [9.17, 15) is 13.9 Å². The molecule has 26 heavy (non-hydrogen) atoms. The van der Waals surface area contributed by atoms with Gasteiger partial charge in [-0.3, -0.25) is 0 Å². The van der Waals surface area contributed by atoms with Gasteiger partial charge in [0.25, 0.3) is 0 Å². The fraction of sp³-hybridized carbons (Fsp3) is 0.200. The van der Waals surface area contributed by atoms with E-state index in [0.29, 0.717) is 22.4 Å². The van der Waals surface area contributed by atoms with E-state index in [-0.39, 0.29) is 5.56 Å². The molecule has 0 radical (unpaired) electrons. The van der Waals surface area contributed by atoms with Crippen LogP contribution in [0.2, 0.25) is 0 Å². The van der Waals surface area contributed by atoms with Gasteiger partial charge in [0.05, 0.1) is 41.3 Å². The van der Waals surface area contributed by atoms with Crippen LogP contribution in [0.3, 0.4) is 0 Å². The van der Waals surface area contributed by atoms with Crippen LogP contribution in [0.1, 0.15) is 40.9 Å². The molecule has 3 atom stereocenters. The van der Waals surface area contributed by atoms with Crippen LogP contribution in [0.4, 0.5) is 8.78 Å². The largest absolute Gasteiger partial charge is 0.378 e. The molecule has 1 aliphatic carbocycles. The van der Waals surface area contributed by atoms with Crippen molar-refractivity contribution in [2.75, 3.05) is 0 Å². The summed E-state index contributed by atoms with van der Waals surface area (Å²) in [4.78, 5) is 4.12. The Labute approximate surface area is 148 Å². The number of hydrogen-bond acceptors (Lipinski definition) is 3. The lowest BCUT2D eigenvalue weighted by molar-refractivity contribution is -0.0272. The zero-order valence-electron chi connectivity index (χ0n) is 13.7. The molecule has 0 bridgehead atoms. The normalized spacial score (nSPS) is 27.9. The van der Waals surface area contributed by atoms with Gasteiger partial charge in [-0.05, 0) is 42.3 Å². The number of benzene rings is 2. The van der Waals surface area contributed by atoms with Crippen molar-refractivity contribution >= 4 is 0 Å². The minimum Gasteiger partial charge on any atom is -0.378 e. The number of fused-ring (bicyclic) bond motifs is 6. The Hall–Kier alpha value is -3.04. The Bertz CT molecular complexity index is 1130. The second-order valence-corrected chi connectivity index (χ2v) is 7.04. The summed E-state index contributed by atoms with van der Waals surface area (Å²) in [6.07, 6.45) is 3.11. The average molecular weight is 349 g/mol. The van der Waals surface area contributed by atoms with Crippen molar-refractivity contribution in [1.29, 1.82) is 5.26 Å². The molecule has 5 rings (SSSR count). The highest BCUT2D eigenvalue weighted by Gasteiger charge is 2.70. The van der Waals surface area contributed by atoms with E-state index in [4.69, 9.17) is 5.26 Å². The lowest BCUT2D eigenvalue weighted by atomic mass is 9.51. The molecule has 128 valence electrons. The first-order chi connectivity index (χ1) is 12.4. The summed E-state index contributed by atoms with van der Waals surface area (Å²) >= 11 is 0. The van der Waals surface area contributed by atoms with E-state index in [1.165, 1.54) is 18.2 Å². The minimum atomic E-state index is -1.38. The minimum absolute atomic E-state index is 0.218. The first-order valence-electron chi connectivity index (χ1n) is 8.17. The number of hydrogen-bond donors (Lipinski definition) is 1. The fourth-order valence-corrected chi connectivity index (χ4v) is 4.77. The van der Waals surface area contributed by atoms with Gasteiger partial charge in [0.2, 0.25) is 0 Å². The van der Waals surface area contributed by atoms with Crippen LogP contribution in [-0.4, -0.2) is 14.7 Å². The van der Waals surface area contributed by atoms with Gasteiger partial charge >= 0.3 is 0 Å². The van der Waals surface area contributed by atoms with Gasteiger partial charge < -0.3 is 9.67 Å². The van der Waals surface area contributed by atoms with Crippen molar-refractivity contribution in [3.8, 4) is 6.07 Å². The molecule has 6 heteroatoms. The number of aromatic nitrogens is 2. The van der Waals surface area contributed by atoms with E-state index in [1.807, 2.05) is 13.0 Å². The summed E-state index contributed by atoms with van der Waals surface area (Å²) in [7, 11) is 0. The van der Waals surface area contributed by atoms with Crippen molar-refractivity contribution in [3.05, 3.63) is 88.5 Å². The molecule has 1 aliphatic heterocycles. The molecule has 3 aromatic rings. The van der Waals surface area contributed by atoms with E-state index in [0.717, 1.165) is 0 Å². The second-order valence-electron chi connectivity index (χ2n) is 7.04. The van der Waals surface area contributed by atoms with E-state index in [2.05, 4.69) is 4.98 Å². The molecule has 1 unspecified atom stereocenters. The molecule has 0 amide bonds. The van der Waals surface area contributed by atoms with E-state index in [1.54, 1.807) is 35.3 Å². The summed E-state index contributed by atoms with van der Waals surface area (Å²) in [6, 6.07) is 9.87. The van der Waals surface area contributed by atoms with E-state index < -0.39 is 28.7 Å². The highest BCUT2D eigenvalue weighted by molar-refractivity contribution is 5.63. The van der Waals surface area contributed by atoms with Crippen molar-refractivity contribution < 1.29 is 13.9 Å². The van der Waals surface area contributed by atoms with E-state index >= 15 is 0 Å². The third kappa shape index (κ3) is 1.45. The lowest BCUT2D eigenvalue weighted by Gasteiger charge is -2.53. The summed E-state index contributed by atoms with van der Waals surface area (Å²) in [5.41, 5.74) is 0.0343. The molecule has 1 aromatic heterocycles. The van der Waals surface area contributed by atoms with Gasteiger partial charge in [-0.1, -0.05) is 12.1 Å². The maximum Gasteiger partial charge on any atom is 0.143 e. The van der Waals surface area contributed by atoms with Crippen LogP contribution in [0.15, 0.2) is 48.9 Å². The average Bonchev–Trinajstić information content (AvgIpc) is 3.16. The predicted molar refractivity (Wildman–Crippen MR) is 88.2 cm³/mol. The third-order valence-corrected chi connectivity index (χ3v) is 5.97. The Morgan fingerprint density at radius 3 is 2.73 bits per heavy atom. The van der Waals surface area contributed by atoms with Crippen LogP contribution in [0.25, 0.3) is 0 Å². The molecule has 2 aliphatic rings. The predicted octanol–water partition coefficient (Wildman–Crippen LogP) is 3.14. The van der Waals surface area contributed by atoms with Gasteiger partial charge in [0.1, 0.15) is 17.2 Å². The van der Waals surface area contributed by atoms with Crippen molar-refractivity contribution in [2.45, 2.75) is 24.0 Å². The molecule has 0 saturated carbocycles. The molecular formula is C20H13F2N3O. The summed E-state index contributed by atoms with van der Waals surface area (Å²) in [6.45, 7) is 1.81. The number of nitrogens with zero attached hydrogens (tertiary/aromatic N) is 3. The Kier molecular flexibility index (Phi) is 2.68. The zero-order valence-corrected chi connectivity index (χ0v) is 13.7. The maximum atomic E-state index is 14.8. The number of halogens is 2. The van der Waals surface area contributed by atoms with Gasteiger partial charge in [-0.25, -0.2) is 13.8 Å². The molecule has 2 heterocycles. The van der Waals surface area contributed by atoms with Crippen molar-refractivity contribution in [3.63, 3.8) is 0 Å². The summed E-state index contributed by atoms with van der Waals surface area (Å²) in [5.74, 6) is -0.940. The monoisotopic (exact) mass is 349 g/mol. The molecule has 0 fully saturated rings. The van der Waals surface area contributed by atoms with Gasteiger partial charge in [0.15, 0.2) is 0 Å². The topological polar surface area (TPSA) is 61.8 Å². The smallest absolute Gasteiger partial charge is 0.143 e. The zero-order chi connectivity index (χ0) is 18.3. The molecule has 4 nitrogen and oxygen atoms in total. The number of aliphatic hydroxyl groups is 1. The molecule has 1 N–H and O–H groups in total. The Morgan fingerprint density at radius 1 is 1.19 bits per heavy atom. The van der Waals surface area contributed by atoms with Crippen LogP contribution in [0.5, 0.6) is 0 Å². The molecule has 0 spiro atoms. The van der Waals surface area contributed by atoms with Crippen LogP contribution >= 0.6 is 0 Å². The number of imidazole rings is 1. The van der Waals surface area contributed by atoms with Crippen LogP contribution < -0.4 is 0 Å². The van der Waals surface area contributed by atoms with Gasteiger partial charge in [0, 0.05) is 5.56 Å². The highest BCUT2D eigenvalue weighted by Crippen LogP contribution is 2.68. The highest BCUT2D eigenvalue weighted by atomic mass is 19.1. The quantitative estimate of drug-likeness (QED) is 0.734. The van der Waals surface area contributed by atoms with Crippen molar-refractivity contribution in [1.82, 2.24) is 9.55 Å². The maximum absolute atomic E-state index is 14.8. The van der Waals surface area contributed by atoms with Gasteiger partial charge in [-0.15, -0.1) is 0 Å². The van der Waals surface area contributed by atoms with Crippen molar-refractivity contribution in [2.24, 2.45) is 0 Å². The molecule has 0 saturated heterocycles. The second kappa shape index (κ2) is 4.57. The first kappa shape index (κ1) is 15.2. The molecular weight excluding hydrogens is 336 g/mol. The standard InChI is InChI=1S/C20H13F2N3O/c1-19-15-7-12(21)3-5-14(15)20(19,26)17-9-24-10-25(17)18(19)13-4-2-11(8-23)6-16(13)22/h2-7,9-10,18,26H,1H3/t18-,19?,20-/m0/s1. The third-order valence-electron chi connectivity index (χ3n) is 5.97.